The predicted octanol–water partition coefficient (Wildman–Crippen LogP) is 4.27. The normalized spacial score (nSPS) is 11.4. The van der Waals surface area contributed by atoms with Crippen LogP contribution in [0, 0.1) is 0 Å². The van der Waals surface area contributed by atoms with E-state index in [1.165, 1.54) is 26.9 Å². The highest BCUT2D eigenvalue weighted by atomic mass is 127. The first-order chi connectivity index (χ1) is 12.7. The van der Waals surface area contributed by atoms with Crippen molar-refractivity contribution in [2.45, 2.75) is 39.7 Å². The van der Waals surface area contributed by atoms with E-state index in [4.69, 9.17) is 0 Å². The quantitative estimate of drug-likeness (QED) is 0.260. The summed E-state index contributed by atoms with van der Waals surface area (Å²) < 4.78 is 0. The highest BCUT2D eigenvalue weighted by Crippen LogP contribution is 2.22. The number of hydrogen-bond acceptors (Lipinski definition) is 3. The SMILES string of the molecule is CCc1cnc(CNC(=NC)NCCc2c[nH]c3c(CC)cccc23)s1.I. The van der Waals surface area contributed by atoms with Crippen molar-refractivity contribution in [1.29, 1.82) is 0 Å². The molecule has 0 spiro atoms. The minimum atomic E-state index is 0. The van der Waals surface area contributed by atoms with Gasteiger partial charge in [-0.3, -0.25) is 4.99 Å². The van der Waals surface area contributed by atoms with Gasteiger partial charge in [-0.05, 0) is 30.4 Å². The summed E-state index contributed by atoms with van der Waals surface area (Å²) in [6, 6.07) is 6.53. The summed E-state index contributed by atoms with van der Waals surface area (Å²) in [4.78, 5) is 13.5. The minimum Gasteiger partial charge on any atom is -0.361 e. The van der Waals surface area contributed by atoms with Crippen molar-refractivity contribution in [2.75, 3.05) is 13.6 Å². The Morgan fingerprint density at radius 3 is 2.74 bits per heavy atom. The van der Waals surface area contributed by atoms with Gasteiger partial charge in [0.05, 0.1) is 6.54 Å². The molecule has 0 bridgehead atoms. The van der Waals surface area contributed by atoms with Crippen LogP contribution < -0.4 is 10.6 Å². The molecule has 0 fully saturated rings. The Morgan fingerprint density at radius 1 is 1.19 bits per heavy atom. The van der Waals surface area contributed by atoms with Gasteiger partial charge in [0, 0.05) is 41.8 Å². The van der Waals surface area contributed by atoms with Crippen molar-refractivity contribution in [2.24, 2.45) is 4.99 Å². The van der Waals surface area contributed by atoms with Gasteiger partial charge in [-0.1, -0.05) is 32.0 Å². The number of hydrogen-bond donors (Lipinski definition) is 3. The van der Waals surface area contributed by atoms with Crippen molar-refractivity contribution >= 4 is 52.2 Å². The molecule has 7 heteroatoms. The third-order valence-corrected chi connectivity index (χ3v) is 5.68. The molecule has 0 unspecified atom stereocenters. The molecule has 2 heterocycles. The van der Waals surface area contributed by atoms with Gasteiger partial charge in [0.25, 0.3) is 0 Å². The van der Waals surface area contributed by atoms with Gasteiger partial charge in [-0.15, -0.1) is 35.3 Å². The smallest absolute Gasteiger partial charge is 0.191 e. The molecule has 0 aliphatic heterocycles. The topological polar surface area (TPSA) is 65.1 Å². The molecule has 0 amide bonds. The molecule has 146 valence electrons. The second-order valence-corrected chi connectivity index (χ2v) is 7.38. The van der Waals surface area contributed by atoms with Gasteiger partial charge >= 0.3 is 0 Å². The Bertz CT molecular complexity index is 884. The van der Waals surface area contributed by atoms with E-state index in [1.54, 1.807) is 18.4 Å². The van der Waals surface area contributed by atoms with Crippen molar-refractivity contribution in [1.82, 2.24) is 20.6 Å². The lowest BCUT2D eigenvalue weighted by Gasteiger charge is -2.10. The van der Waals surface area contributed by atoms with E-state index in [2.05, 4.69) is 63.8 Å². The van der Waals surface area contributed by atoms with Crippen molar-refractivity contribution in [3.05, 3.63) is 51.6 Å². The number of nitrogens with zero attached hydrogens (tertiary/aromatic N) is 2. The molecule has 3 N–H and O–H groups in total. The van der Waals surface area contributed by atoms with Crippen molar-refractivity contribution < 1.29 is 0 Å². The number of para-hydroxylation sites is 1. The van der Waals surface area contributed by atoms with Gasteiger partial charge in [0.15, 0.2) is 5.96 Å². The van der Waals surface area contributed by atoms with E-state index >= 15 is 0 Å². The van der Waals surface area contributed by atoms with Crippen molar-refractivity contribution in [3.8, 4) is 0 Å². The summed E-state index contributed by atoms with van der Waals surface area (Å²) in [6.07, 6.45) is 7.12. The maximum Gasteiger partial charge on any atom is 0.191 e. The molecule has 3 aromatic rings. The zero-order valence-corrected chi connectivity index (χ0v) is 19.3. The number of nitrogens with one attached hydrogen (secondary N) is 3. The lowest BCUT2D eigenvalue weighted by Crippen LogP contribution is -2.37. The van der Waals surface area contributed by atoms with Crippen LogP contribution in [0.3, 0.4) is 0 Å². The fourth-order valence-corrected chi connectivity index (χ4v) is 3.87. The lowest BCUT2D eigenvalue weighted by atomic mass is 10.1. The van der Waals surface area contributed by atoms with Crippen molar-refractivity contribution in [3.63, 3.8) is 0 Å². The molecule has 27 heavy (non-hydrogen) atoms. The second-order valence-electron chi connectivity index (χ2n) is 6.18. The van der Waals surface area contributed by atoms with E-state index in [1.807, 2.05) is 6.20 Å². The number of fused-ring (bicyclic) bond motifs is 1. The van der Waals surface area contributed by atoms with Gasteiger partial charge < -0.3 is 15.6 Å². The number of rotatable bonds is 7. The van der Waals surface area contributed by atoms with Crippen LogP contribution in [0.25, 0.3) is 10.9 Å². The van der Waals surface area contributed by atoms with Crippen LogP contribution in [-0.4, -0.2) is 29.5 Å². The zero-order valence-electron chi connectivity index (χ0n) is 16.1. The first kappa shape index (κ1) is 21.7. The molecule has 0 saturated carbocycles. The molecule has 0 aliphatic carbocycles. The van der Waals surface area contributed by atoms with Gasteiger partial charge in [-0.25, -0.2) is 4.98 Å². The van der Waals surface area contributed by atoms with Crippen LogP contribution in [0.4, 0.5) is 0 Å². The Labute approximate surface area is 182 Å². The number of guanidine groups is 1. The number of halogens is 1. The van der Waals surface area contributed by atoms with Gasteiger partial charge in [0.1, 0.15) is 5.01 Å². The number of aromatic amines is 1. The molecule has 0 saturated heterocycles. The molecule has 0 aliphatic rings. The fourth-order valence-electron chi connectivity index (χ4n) is 3.07. The third kappa shape index (κ3) is 5.44. The number of benzene rings is 1. The van der Waals surface area contributed by atoms with E-state index in [9.17, 15) is 0 Å². The van der Waals surface area contributed by atoms with Crippen LogP contribution in [-0.2, 0) is 25.8 Å². The number of H-pyrrole nitrogens is 1. The van der Waals surface area contributed by atoms with E-state index < -0.39 is 0 Å². The van der Waals surface area contributed by atoms with E-state index in [0.717, 1.165) is 36.8 Å². The number of aromatic nitrogens is 2. The van der Waals surface area contributed by atoms with Crippen LogP contribution in [0.1, 0.15) is 34.9 Å². The Kier molecular flexibility index (Phi) is 8.56. The Hall–Kier alpha value is -1.61. The van der Waals surface area contributed by atoms with E-state index in [0.29, 0.717) is 6.54 Å². The average Bonchev–Trinajstić information content (AvgIpc) is 3.31. The molecule has 2 aromatic heterocycles. The average molecular weight is 497 g/mol. The predicted molar refractivity (Wildman–Crippen MR) is 126 cm³/mol. The van der Waals surface area contributed by atoms with Crippen LogP contribution in [0.5, 0.6) is 0 Å². The third-order valence-electron chi connectivity index (χ3n) is 4.54. The molecule has 0 atom stereocenters. The summed E-state index contributed by atoms with van der Waals surface area (Å²) in [5, 5.41) is 9.15. The maximum absolute atomic E-state index is 4.43. The number of thiazole rings is 1. The maximum atomic E-state index is 4.43. The summed E-state index contributed by atoms with van der Waals surface area (Å²) >= 11 is 1.75. The summed E-state index contributed by atoms with van der Waals surface area (Å²) in [7, 11) is 1.80. The highest BCUT2D eigenvalue weighted by Gasteiger charge is 2.07. The summed E-state index contributed by atoms with van der Waals surface area (Å²) in [5.41, 5.74) is 3.97. The van der Waals surface area contributed by atoms with Gasteiger partial charge in [-0.2, -0.15) is 0 Å². The molecule has 0 radical (unpaired) electrons. The molecule has 3 rings (SSSR count). The monoisotopic (exact) mass is 497 g/mol. The molecule has 1 aromatic carbocycles. The second kappa shape index (κ2) is 10.7. The molecular weight excluding hydrogens is 469 g/mol. The largest absolute Gasteiger partial charge is 0.361 e. The standard InChI is InChI=1S/C20H27N5S.HI/c1-4-14-7-6-8-17-15(11-24-19(14)17)9-10-22-20(21-3)25-13-18-23-12-16(5-2)26-18;/h6-8,11-12,24H,4-5,9-10,13H2,1-3H3,(H2,21,22,25);1H. The van der Waals surface area contributed by atoms with Crippen LogP contribution in [0.2, 0.25) is 0 Å². The Balaban J connectivity index is 0.00000261. The molecular formula is C20H28IN5S. The Morgan fingerprint density at radius 2 is 2.04 bits per heavy atom. The van der Waals surface area contributed by atoms with Crippen LogP contribution >= 0.6 is 35.3 Å². The zero-order chi connectivity index (χ0) is 18.4. The van der Waals surface area contributed by atoms with Crippen LogP contribution in [0.15, 0.2) is 35.6 Å². The minimum absolute atomic E-state index is 0. The number of aliphatic imine (C=N–C) groups is 1. The highest BCUT2D eigenvalue weighted by molar-refractivity contribution is 14.0. The fraction of sp³-hybridized carbons (Fsp3) is 0.400. The number of aryl methyl sites for hydroxylation is 2. The van der Waals surface area contributed by atoms with Gasteiger partial charge in [0.2, 0.25) is 0 Å². The summed E-state index contributed by atoms with van der Waals surface area (Å²) in [5.74, 6) is 0.812. The summed E-state index contributed by atoms with van der Waals surface area (Å²) in [6.45, 7) is 5.89. The van der Waals surface area contributed by atoms with E-state index in [-0.39, 0.29) is 24.0 Å². The lowest BCUT2D eigenvalue weighted by molar-refractivity contribution is 0.793. The molecule has 5 nitrogen and oxygen atoms in total. The first-order valence-corrected chi connectivity index (χ1v) is 10.0. The first-order valence-electron chi connectivity index (χ1n) is 9.21.